The summed E-state index contributed by atoms with van der Waals surface area (Å²) in [6.07, 6.45) is 0.227. The van der Waals surface area contributed by atoms with Crippen molar-refractivity contribution < 1.29 is 28.9 Å². The molecule has 3 amide bonds. The number of fused-ring (bicyclic) bond motifs is 1. The molecule has 4 atom stereocenters. The zero-order valence-electron chi connectivity index (χ0n) is 16.8. The number of amides is 3. The summed E-state index contributed by atoms with van der Waals surface area (Å²) in [7, 11) is 3.16. The first-order valence-corrected chi connectivity index (χ1v) is 9.83. The van der Waals surface area contributed by atoms with Gasteiger partial charge in [0, 0.05) is 18.8 Å². The van der Waals surface area contributed by atoms with Crippen LogP contribution in [0.5, 0.6) is 5.75 Å². The topological polar surface area (TPSA) is 109 Å². The van der Waals surface area contributed by atoms with Crippen LogP contribution in [0, 0.1) is 0 Å². The van der Waals surface area contributed by atoms with E-state index in [1.807, 2.05) is 0 Å². The molecular formula is C20H29N3O6. The second kappa shape index (κ2) is 9.91. The maximum atomic E-state index is 13.0. The fourth-order valence-corrected chi connectivity index (χ4v) is 3.78. The highest BCUT2D eigenvalue weighted by molar-refractivity contribution is 5.89. The summed E-state index contributed by atoms with van der Waals surface area (Å²) in [5.74, 6) is 0.558. The van der Waals surface area contributed by atoms with Gasteiger partial charge in [-0.25, -0.2) is 4.79 Å². The molecule has 0 saturated carbocycles. The van der Waals surface area contributed by atoms with Gasteiger partial charge in [-0.15, -0.1) is 0 Å². The molecule has 160 valence electrons. The van der Waals surface area contributed by atoms with E-state index in [4.69, 9.17) is 14.2 Å². The maximum absolute atomic E-state index is 13.0. The molecule has 0 radical (unpaired) electrons. The monoisotopic (exact) mass is 407 g/mol. The number of carbonyl (C=O) groups excluding carboxylic acids is 2. The molecule has 0 aromatic heterocycles. The van der Waals surface area contributed by atoms with E-state index in [0.29, 0.717) is 24.3 Å². The van der Waals surface area contributed by atoms with Gasteiger partial charge in [-0.1, -0.05) is 6.07 Å². The minimum Gasteiger partial charge on any atom is -0.497 e. The Morgan fingerprint density at radius 1 is 1.31 bits per heavy atom. The van der Waals surface area contributed by atoms with E-state index in [-0.39, 0.29) is 56.4 Å². The van der Waals surface area contributed by atoms with Gasteiger partial charge in [0.05, 0.1) is 51.5 Å². The number of nitrogens with zero attached hydrogens (tertiary/aromatic N) is 1. The fraction of sp³-hybridized carbons (Fsp3) is 0.600. The highest BCUT2D eigenvalue weighted by atomic mass is 16.5. The van der Waals surface area contributed by atoms with Crippen molar-refractivity contribution in [1.29, 1.82) is 0 Å². The Kier molecular flexibility index (Phi) is 7.29. The minimum atomic E-state index is -0.782. The zero-order chi connectivity index (χ0) is 20.8. The summed E-state index contributed by atoms with van der Waals surface area (Å²) in [4.78, 5) is 26.4. The van der Waals surface area contributed by atoms with Gasteiger partial charge in [-0.3, -0.25) is 4.79 Å². The highest BCUT2D eigenvalue weighted by Gasteiger charge is 2.40. The Morgan fingerprint density at radius 3 is 2.90 bits per heavy atom. The van der Waals surface area contributed by atoms with Crippen LogP contribution in [0.15, 0.2) is 24.3 Å². The van der Waals surface area contributed by atoms with Gasteiger partial charge in [0.2, 0.25) is 5.91 Å². The summed E-state index contributed by atoms with van der Waals surface area (Å²) >= 11 is 0. The predicted octanol–water partition coefficient (Wildman–Crippen LogP) is 0.973. The van der Waals surface area contributed by atoms with Crippen LogP contribution in [-0.2, 0) is 14.3 Å². The third kappa shape index (κ3) is 5.59. The largest absolute Gasteiger partial charge is 0.497 e. The lowest BCUT2D eigenvalue weighted by atomic mass is 9.95. The molecule has 3 N–H and O–H groups in total. The number of rotatable bonds is 4. The normalized spacial score (nSPS) is 27.2. The minimum absolute atomic E-state index is 0.0803. The molecule has 9 heteroatoms. The molecule has 2 aliphatic heterocycles. The van der Waals surface area contributed by atoms with Gasteiger partial charge < -0.3 is 34.9 Å². The number of carbonyl (C=O) groups is 2. The van der Waals surface area contributed by atoms with Crippen LogP contribution in [0.25, 0.3) is 0 Å². The van der Waals surface area contributed by atoms with Crippen molar-refractivity contribution in [2.75, 3.05) is 39.2 Å². The number of anilines is 1. The number of aliphatic hydroxyl groups excluding tert-OH is 1. The first-order valence-electron chi connectivity index (χ1n) is 9.83. The Balaban J connectivity index is 1.72. The molecule has 2 heterocycles. The van der Waals surface area contributed by atoms with Crippen LogP contribution in [0.2, 0.25) is 0 Å². The number of hydrogen-bond donors (Lipinski definition) is 3. The van der Waals surface area contributed by atoms with Crippen molar-refractivity contribution >= 4 is 17.6 Å². The molecule has 0 unspecified atom stereocenters. The fourth-order valence-electron chi connectivity index (χ4n) is 3.78. The number of hydrogen-bond acceptors (Lipinski definition) is 6. The third-order valence-corrected chi connectivity index (χ3v) is 5.25. The average molecular weight is 407 g/mol. The molecule has 9 nitrogen and oxygen atoms in total. The standard InChI is InChI=1S/C20H29N3O6/c1-21-19(25)9-16-6-7-17-18(29-16)12-28-11-14(24)10-23(17)20(26)22-13-4-3-5-15(8-13)27-2/h3-5,8,14,16-18,24H,6-7,9-12H2,1-2H3,(H,21,25)(H,22,26)/t14-,16-,17+,18-/m0/s1. The number of benzene rings is 1. The average Bonchev–Trinajstić information content (AvgIpc) is 2.71. The molecule has 2 saturated heterocycles. The molecule has 0 bridgehead atoms. The molecule has 2 aliphatic rings. The molecule has 0 aliphatic carbocycles. The zero-order valence-corrected chi connectivity index (χ0v) is 16.8. The summed E-state index contributed by atoms with van der Waals surface area (Å²) in [5.41, 5.74) is 0.605. The lowest BCUT2D eigenvalue weighted by Crippen LogP contribution is -2.58. The van der Waals surface area contributed by atoms with Gasteiger partial charge >= 0.3 is 6.03 Å². The summed E-state index contributed by atoms with van der Waals surface area (Å²) in [5, 5.41) is 15.7. The summed E-state index contributed by atoms with van der Waals surface area (Å²) < 4.78 is 16.9. The van der Waals surface area contributed by atoms with Crippen LogP contribution in [0.1, 0.15) is 19.3 Å². The van der Waals surface area contributed by atoms with Crippen molar-refractivity contribution in [3.8, 4) is 5.75 Å². The number of urea groups is 1. The van der Waals surface area contributed by atoms with Crippen molar-refractivity contribution in [3.63, 3.8) is 0 Å². The van der Waals surface area contributed by atoms with Crippen molar-refractivity contribution in [3.05, 3.63) is 24.3 Å². The van der Waals surface area contributed by atoms with Crippen LogP contribution >= 0.6 is 0 Å². The number of β-amino-alcohol motifs (C(OH)–C–C–N with tert-alkyl or cyclic N) is 1. The Hall–Kier alpha value is -2.36. The molecular weight excluding hydrogens is 378 g/mol. The first kappa shape index (κ1) is 21.4. The van der Waals surface area contributed by atoms with E-state index in [1.165, 1.54) is 0 Å². The second-order valence-electron chi connectivity index (χ2n) is 7.32. The lowest BCUT2D eigenvalue weighted by molar-refractivity contribution is -0.149. The van der Waals surface area contributed by atoms with E-state index >= 15 is 0 Å². The molecule has 29 heavy (non-hydrogen) atoms. The number of aliphatic hydroxyl groups is 1. The van der Waals surface area contributed by atoms with Gasteiger partial charge in [-0.05, 0) is 25.0 Å². The summed E-state index contributed by atoms with van der Waals surface area (Å²) in [6, 6.07) is 6.53. The van der Waals surface area contributed by atoms with Gasteiger partial charge in [0.1, 0.15) is 11.9 Å². The Morgan fingerprint density at radius 2 is 2.14 bits per heavy atom. The van der Waals surface area contributed by atoms with Crippen molar-refractivity contribution in [2.45, 2.75) is 43.6 Å². The molecule has 1 aromatic carbocycles. The van der Waals surface area contributed by atoms with Crippen LogP contribution in [0.4, 0.5) is 10.5 Å². The molecule has 2 fully saturated rings. The van der Waals surface area contributed by atoms with E-state index in [2.05, 4.69) is 10.6 Å². The Labute approximate surface area is 170 Å². The maximum Gasteiger partial charge on any atom is 0.322 e. The van der Waals surface area contributed by atoms with Crippen molar-refractivity contribution in [2.24, 2.45) is 0 Å². The molecule has 3 rings (SSSR count). The van der Waals surface area contributed by atoms with E-state index in [9.17, 15) is 14.7 Å². The Bertz CT molecular complexity index is 715. The third-order valence-electron chi connectivity index (χ3n) is 5.25. The second-order valence-corrected chi connectivity index (χ2v) is 7.32. The van der Waals surface area contributed by atoms with Crippen LogP contribution < -0.4 is 15.4 Å². The number of nitrogens with one attached hydrogen (secondary N) is 2. The van der Waals surface area contributed by atoms with E-state index in [1.54, 1.807) is 43.3 Å². The smallest absolute Gasteiger partial charge is 0.322 e. The number of methoxy groups -OCH3 is 1. The molecule has 0 spiro atoms. The van der Waals surface area contributed by atoms with Crippen LogP contribution in [0.3, 0.4) is 0 Å². The summed E-state index contributed by atoms with van der Waals surface area (Å²) in [6.45, 7) is 0.519. The van der Waals surface area contributed by atoms with E-state index in [0.717, 1.165) is 0 Å². The van der Waals surface area contributed by atoms with Gasteiger partial charge in [-0.2, -0.15) is 0 Å². The predicted molar refractivity (Wildman–Crippen MR) is 106 cm³/mol. The van der Waals surface area contributed by atoms with E-state index < -0.39 is 6.10 Å². The highest BCUT2D eigenvalue weighted by Crippen LogP contribution is 2.28. The van der Waals surface area contributed by atoms with Crippen LogP contribution in [-0.4, -0.2) is 80.2 Å². The van der Waals surface area contributed by atoms with Gasteiger partial charge in [0.25, 0.3) is 0 Å². The first-order chi connectivity index (χ1) is 14.0. The lowest BCUT2D eigenvalue weighted by Gasteiger charge is -2.44. The number of ether oxygens (including phenoxy) is 3. The quantitative estimate of drug-likeness (QED) is 0.686. The van der Waals surface area contributed by atoms with Crippen molar-refractivity contribution in [1.82, 2.24) is 10.2 Å². The molecule has 1 aromatic rings. The SMILES string of the molecule is CNC(=O)C[C@@H]1CC[C@@H]2[C@H](COC[C@@H](O)CN2C(=O)Nc2cccc(OC)c2)O1. The van der Waals surface area contributed by atoms with Gasteiger partial charge in [0.15, 0.2) is 0 Å².